The van der Waals surface area contributed by atoms with Crippen LogP contribution in [-0.4, -0.2) is 46.1 Å². The molecule has 0 unspecified atom stereocenters. The number of carbonyl (C=O) groups is 1. The molecular weight excluding hydrogens is 448 g/mol. The lowest BCUT2D eigenvalue weighted by atomic mass is 9.41. The lowest BCUT2D eigenvalue weighted by Gasteiger charge is -2.65. The van der Waals surface area contributed by atoms with Crippen LogP contribution >= 0.6 is 0 Å². The van der Waals surface area contributed by atoms with E-state index in [1.807, 2.05) is 0 Å². The second-order valence-electron chi connectivity index (χ2n) is 13.8. The highest BCUT2D eigenvalue weighted by Crippen LogP contribution is 2.69. The Labute approximate surface area is 218 Å². The zero-order valence-electron chi connectivity index (χ0n) is 23.4. The first-order chi connectivity index (χ1) is 17.1. The lowest BCUT2D eigenvalue weighted by molar-refractivity contribution is -0.406. The molecule has 0 aromatic heterocycles. The van der Waals surface area contributed by atoms with Gasteiger partial charge in [0.1, 0.15) is 6.72 Å². The van der Waals surface area contributed by atoms with E-state index in [4.69, 9.17) is 4.74 Å². The van der Waals surface area contributed by atoms with Crippen LogP contribution in [0.3, 0.4) is 0 Å². The van der Waals surface area contributed by atoms with Crippen LogP contribution in [0.5, 0.6) is 0 Å². The van der Waals surface area contributed by atoms with Gasteiger partial charge < -0.3 is 9.84 Å². The summed E-state index contributed by atoms with van der Waals surface area (Å²) in [5.41, 5.74) is 0.690. The minimum atomic E-state index is -0.332. The molecule has 0 aromatic carbocycles. The van der Waals surface area contributed by atoms with Crippen LogP contribution in [0.4, 0.5) is 4.79 Å². The summed E-state index contributed by atoms with van der Waals surface area (Å²) in [7, 11) is 0. The second-order valence-corrected chi connectivity index (χ2v) is 13.8. The maximum Gasteiger partial charge on any atom is 0.607 e. The molecule has 5 heteroatoms. The number of aliphatic hydroxyl groups is 1. The molecule has 4 fully saturated rings. The third-order valence-corrected chi connectivity index (χ3v) is 12.1. The molecule has 36 heavy (non-hydrogen) atoms. The number of aliphatic hydroxyl groups excluding tert-OH is 1. The number of nitrogens with zero attached hydrogens (tertiary/aromatic N) is 2. The number of hydrogen-bond acceptors (Lipinski definition) is 3. The predicted molar refractivity (Wildman–Crippen MR) is 143 cm³/mol. The smallest absolute Gasteiger partial charge is 0.411 e. The molecule has 200 valence electrons. The second kappa shape index (κ2) is 9.67. The zero-order chi connectivity index (χ0) is 25.8. The quantitative estimate of drug-likeness (QED) is 0.453. The van der Waals surface area contributed by atoms with Crippen molar-refractivity contribution in [3.05, 3.63) is 12.4 Å². The summed E-state index contributed by atoms with van der Waals surface area (Å²) in [6, 6.07) is 0. The van der Waals surface area contributed by atoms with E-state index in [1.165, 1.54) is 49.5 Å². The highest BCUT2D eigenvalue weighted by atomic mass is 16.5. The van der Waals surface area contributed by atoms with Crippen molar-refractivity contribution in [3.8, 4) is 0 Å². The lowest BCUT2D eigenvalue weighted by Crippen LogP contribution is -2.61. The van der Waals surface area contributed by atoms with Crippen molar-refractivity contribution in [2.75, 3.05) is 6.61 Å². The molecule has 1 amide bonds. The van der Waals surface area contributed by atoms with Crippen LogP contribution in [0.25, 0.3) is 0 Å². The molecule has 0 bridgehead atoms. The largest absolute Gasteiger partial charge is 0.607 e. The maximum atomic E-state index is 12.3. The third-order valence-electron chi connectivity index (χ3n) is 12.1. The van der Waals surface area contributed by atoms with Crippen LogP contribution in [0, 0.1) is 58.2 Å². The van der Waals surface area contributed by atoms with Gasteiger partial charge in [0, 0.05) is 0 Å². The van der Waals surface area contributed by atoms with E-state index < -0.39 is 0 Å². The van der Waals surface area contributed by atoms with E-state index in [-0.39, 0.29) is 17.6 Å². The van der Waals surface area contributed by atoms with Crippen molar-refractivity contribution in [1.82, 2.24) is 0 Å². The molecule has 0 spiro atoms. The summed E-state index contributed by atoms with van der Waals surface area (Å²) >= 11 is 0. The summed E-state index contributed by atoms with van der Waals surface area (Å²) in [4.78, 5) is 12.3. The Morgan fingerprint density at radius 2 is 1.83 bits per heavy atom. The van der Waals surface area contributed by atoms with Gasteiger partial charge in [-0.25, -0.2) is 0 Å². The van der Waals surface area contributed by atoms with Gasteiger partial charge in [0.2, 0.25) is 6.20 Å². The van der Waals surface area contributed by atoms with Crippen molar-refractivity contribution >= 4 is 19.1 Å². The van der Waals surface area contributed by atoms with Crippen molar-refractivity contribution in [3.63, 3.8) is 0 Å². The molecule has 5 rings (SSSR count). The zero-order valence-corrected chi connectivity index (χ0v) is 23.4. The number of fused-ring (bicyclic) bond motifs is 5. The SMILES string of the molecule is C=[N+]1C=C[N+](C(=O)OCC[C@@H](C)[C@H]2CC[C@H]3[C@@H]4[C@H](O)[C@H](CC)[C@@H]5C[C@H](C)CC[C@]5(C)[C@H]4CC[C@]23C)=C1. The molecule has 0 saturated heterocycles. The first kappa shape index (κ1) is 26.1. The molecule has 4 saturated carbocycles. The molecule has 5 aliphatic rings. The highest BCUT2D eigenvalue weighted by Gasteiger charge is 2.64. The topological polar surface area (TPSA) is 52.5 Å². The van der Waals surface area contributed by atoms with Crippen LogP contribution in [-0.2, 0) is 4.74 Å². The summed E-state index contributed by atoms with van der Waals surface area (Å²) in [6.45, 7) is 16.5. The molecule has 1 heterocycles. The molecular formula is C31H50N2O3+2. The maximum absolute atomic E-state index is 12.3. The molecule has 0 aromatic rings. The average Bonchev–Trinajstić information content (AvgIpc) is 3.43. The van der Waals surface area contributed by atoms with E-state index in [9.17, 15) is 9.90 Å². The fourth-order valence-electron chi connectivity index (χ4n) is 10.3. The first-order valence-electron chi connectivity index (χ1n) is 14.9. The molecule has 0 radical (unpaired) electrons. The van der Waals surface area contributed by atoms with Gasteiger partial charge in [-0.1, -0.05) is 47.5 Å². The number of amides is 1. The van der Waals surface area contributed by atoms with Crippen LogP contribution < -0.4 is 0 Å². The Hall–Kier alpha value is -1.49. The van der Waals surface area contributed by atoms with E-state index >= 15 is 0 Å². The molecule has 11 atom stereocenters. The van der Waals surface area contributed by atoms with E-state index in [0.717, 1.165) is 18.8 Å². The minimum absolute atomic E-state index is 0.139. The van der Waals surface area contributed by atoms with Gasteiger partial charge in [-0.05, 0) is 108 Å². The van der Waals surface area contributed by atoms with Crippen LogP contribution in [0.2, 0.25) is 0 Å². The van der Waals surface area contributed by atoms with Gasteiger partial charge in [-0.2, -0.15) is 4.79 Å². The summed E-state index contributed by atoms with van der Waals surface area (Å²) in [5, 5.41) is 11.9. The Balaban J connectivity index is 1.28. The van der Waals surface area contributed by atoms with Crippen molar-refractivity contribution in [1.29, 1.82) is 0 Å². The van der Waals surface area contributed by atoms with Gasteiger partial charge >= 0.3 is 12.4 Å². The summed E-state index contributed by atoms with van der Waals surface area (Å²) < 4.78 is 8.64. The monoisotopic (exact) mass is 498 g/mol. The fraction of sp³-hybridized carbons (Fsp3) is 0.839. The Morgan fingerprint density at radius 1 is 1.11 bits per heavy atom. The van der Waals surface area contributed by atoms with Gasteiger partial charge in [0.25, 0.3) is 6.20 Å². The van der Waals surface area contributed by atoms with Crippen molar-refractivity contribution in [2.45, 2.75) is 98.5 Å². The first-order valence-corrected chi connectivity index (χ1v) is 14.9. The molecule has 1 aliphatic heterocycles. The summed E-state index contributed by atoms with van der Waals surface area (Å²) in [5.74, 6) is 4.86. The number of rotatable bonds is 5. The van der Waals surface area contributed by atoms with Gasteiger partial charge in [0.05, 0.1) is 12.7 Å². The van der Waals surface area contributed by atoms with Crippen LogP contribution in [0.15, 0.2) is 12.4 Å². The standard InChI is InChI=1S/C31H50N2O3/c1-7-22-26-18-20(2)10-13-31(26,5)25-11-14-30(4)23(8-9-24(30)27(25)28(22)34)21(3)12-17-36-29(35)33-16-15-32(6)19-33/h15-16,19-28,34H,6-14,17-18H2,1-5H3/q+2/t20-,21-,22-,23-,24+,25+,26+,27+,28-,30-,31-/m1/s1. The number of hydrogen-bond donors (Lipinski definition) is 1. The Bertz CT molecular complexity index is 942. The normalized spacial score (nSPS) is 46.5. The Kier molecular flexibility index (Phi) is 7.02. The number of ether oxygens (including phenoxy) is 1. The Morgan fingerprint density at radius 3 is 2.53 bits per heavy atom. The third kappa shape index (κ3) is 4.12. The van der Waals surface area contributed by atoms with Crippen molar-refractivity contribution in [2.24, 2.45) is 58.2 Å². The molecule has 5 nitrogen and oxygen atoms in total. The van der Waals surface area contributed by atoms with Crippen molar-refractivity contribution < 1.29 is 23.8 Å². The summed E-state index contributed by atoms with van der Waals surface area (Å²) in [6.07, 6.45) is 15.7. The fourth-order valence-corrected chi connectivity index (χ4v) is 10.3. The minimum Gasteiger partial charge on any atom is -0.411 e. The van der Waals surface area contributed by atoms with Crippen LogP contribution in [0.1, 0.15) is 92.4 Å². The van der Waals surface area contributed by atoms with Gasteiger partial charge in [-0.15, -0.1) is 4.58 Å². The van der Waals surface area contributed by atoms with E-state index in [0.29, 0.717) is 53.4 Å². The van der Waals surface area contributed by atoms with E-state index in [2.05, 4.69) is 41.3 Å². The molecule has 4 aliphatic carbocycles. The predicted octanol–water partition coefficient (Wildman–Crippen LogP) is 6.29. The molecule has 1 N–H and O–H groups in total. The van der Waals surface area contributed by atoms with E-state index in [1.54, 1.807) is 23.3 Å². The van der Waals surface area contributed by atoms with Gasteiger partial charge in [0.15, 0.2) is 0 Å². The number of carbonyl (C=O) groups excluding carboxylic acids is 1. The average molecular weight is 499 g/mol. The van der Waals surface area contributed by atoms with Gasteiger partial charge in [-0.3, -0.25) is 0 Å². The highest BCUT2D eigenvalue weighted by molar-refractivity contribution is 5.64.